The number of thioether (sulfide) groups is 1. The Labute approximate surface area is 176 Å². The van der Waals surface area contributed by atoms with Crippen molar-refractivity contribution in [2.24, 2.45) is 0 Å². The molecule has 2 amide bonds. The van der Waals surface area contributed by atoms with Crippen molar-refractivity contribution in [3.63, 3.8) is 0 Å². The van der Waals surface area contributed by atoms with Crippen LogP contribution in [0.15, 0.2) is 47.4 Å². The molecule has 29 heavy (non-hydrogen) atoms. The normalized spacial score (nSPS) is 16.3. The van der Waals surface area contributed by atoms with Crippen molar-refractivity contribution in [3.05, 3.63) is 64.1 Å². The number of amides is 2. The Hall–Kier alpha value is -2.53. The van der Waals surface area contributed by atoms with E-state index in [2.05, 4.69) is 59.0 Å². The number of carbonyl (C=O) groups is 2. The Morgan fingerprint density at radius 2 is 1.59 bits per heavy atom. The summed E-state index contributed by atoms with van der Waals surface area (Å²) in [6.07, 6.45) is 1.69. The van der Waals surface area contributed by atoms with Gasteiger partial charge in [0.15, 0.2) is 0 Å². The van der Waals surface area contributed by atoms with Crippen LogP contribution < -0.4 is 10.1 Å². The highest BCUT2D eigenvalue weighted by atomic mass is 32.2. The van der Waals surface area contributed by atoms with Crippen LogP contribution in [0.25, 0.3) is 6.08 Å². The van der Waals surface area contributed by atoms with Gasteiger partial charge in [-0.15, -0.1) is 0 Å². The summed E-state index contributed by atoms with van der Waals surface area (Å²) in [5.41, 5.74) is 3.07. The van der Waals surface area contributed by atoms with Gasteiger partial charge in [-0.3, -0.25) is 14.9 Å². The van der Waals surface area contributed by atoms with Gasteiger partial charge < -0.3 is 4.74 Å². The lowest BCUT2D eigenvalue weighted by Crippen LogP contribution is -2.17. The maximum absolute atomic E-state index is 11.9. The van der Waals surface area contributed by atoms with Crippen molar-refractivity contribution < 1.29 is 14.3 Å². The van der Waals surface area contributed by atoms with Gasteiger partial charge in [-0.05, 0) is 46.4 Å². The molecule has 0 aliphatic carbocycles. The second kappa shape index (κ2) is 7.71. The zero-order valence-corrected chi connectivity index (χ0v) is 18.6. The first-order chi connectivity index (χ1) is 13.4. The third kappa shape index (κ3) is 4.91. The summed E-state index contributed by atoms with van der Waals surface area (Å²) in [4.78, 5) is 23.7. The van der Waals surface area contributed by atoms with E-state index in [1.165, 1.54) is 5.56 Å². The van der Waals surface area contributed by atoms with E-state index in [9.17, 15) is 9.59 Å². The van der Waals surface area contributed by atoms with Gasteiger partial charge in [0, 0.05) is 11.1 Å². The Bertz CT molecular complexity index is 994. The Morgan fingerprint density at radius 3 is 2.17 bits per heavy atom. The predicted molar refractivity (Wildman–Crippen MR) is 119 cm³/mol. The lowest BCUT2D eigenvalue weighted by atomic mass is 9.80. The standard InChI is InChI=1S/C24H27NO3S/c1-23(2,3)16-11-12-19(17(14-16)24(4,5)6)28-18-10-8-7-9-15(18)13-20-21(26)25-22(27)29-20/h7-14H,1-6H3,(H,25,26,27). The smallest absolute Gasteiger partial charge is 0.290 e. The van der Waals surface area contributed by atoms with E-state index in [4.69, 9.17) is 4.74 Å². The molecule has 0 spiro atoms. The zero-order chi connectivity index (χ0) is 21.4. The Morgan fingerprint density at radius 1 is 0.897 bits per heavy atom. The van der Waals surface area contributed by atoms with Crippen LogP contribution in [0.1, 0.15) is 58.2 Å². The minimum Gasteiger partial charge on any atom is -0.456 e. The predicted octanol–water partition coefficient (Wildman–Crippen LogP) is 6.40. The summed E-state index contributed by atoms with van der Waals surface area (Å²) < 4.78 is 6.34. The highest BCUT2D eigenvalue weighted by molar-refractivity contribution is 8.18. The van der Waals surface area contributed by atoms with Gasteiger partial charge in [-0.2, -0.15) is 0 Å². The van der Waals surface area contributed by atoms with E-state index in [-0.39, 0.29) is 22.0 Å². The molecule has 1 heterocycles. The second-order valence-electron chi connectivity index (χ2n) is 9.20. The van der Waals surface area contributed by atoms with Crippen molar-refractivity contribution in [1.82, 2.24) is 5.32 Å². The van der Waals surface area contributed by atoms with E-state index in [1.807, 2.05) is 30.3 Å². The van der Waals surface area contributed by atoms with Crippen molar-refractivity contribution in [2.45, 2.75) is 52.4 Å². The monoisotopic (exact) mass is 409 g/mol. The van der Waals surface area contributed by atoms with E-state index >= 15 is 0 Å². The molecule has 0 unspecified atom stereocenters. The fourth-order valence-electron chi connectivity index (χ4n) is 3.05. The topological polar surface area (TPSA) is 55.4 Å². The van der Waals surface area contributed by atoms with Crippen molar-refractivity contribution >= 4 is 29.0 Å². The average molecular weight is 410 g/mol. The van der Waals surface area contributed by atoms with Crippen molar-refractivity contribution in [1.29, 1.82) is 0 Å². The number of rotatable bonds is 3. The molecule has 1 fully saturated rings. The number of hydrogen-bond acceptors (Lipinski definition) is 4. The van der Waals surface area contributed by atoms with Crippen LogP contribution in [0.3, 0.4) is 0 Å². The third-order valence-corrected chi connectivity index (χ3v) is 5.53. The van der Waals surface area contributed by atoms with Gasteiger partial charge in [0.2, 0.25) is 0 Å². The van der Waals surface area contributed by atoms with E-state index in [0.717, 1.165) is 28.6 Å². The highest BCUT2D eigenvalue weighted by Crippen LogP contribution is 2.39. The first-order valence-electron chi connectivity index (χ1n) is 9.62. The molecular formula is C24H27NO3S. The van der Waals surface area contributed by atoms with Crippen LogP contribution in [-0.2, 0) is 15.6 Å². The Kier molecular flexibility index (Phi) is 5.63. The summed E-state index contributed by atoms with van der Waals surface area (Å²) in [5.74, 6) is 1.05. The molecule has 0 radical (unpaired) electrons. The van der Waals surface area contributed by atoms with Gasteiger partial charge in [0.25, 0.3) is 11.1 Å². The summed E-state index contributed by atoms with van der Waals surface area (Å²) >= 11 is 0.902. The molecule has 1 saturated heterocycles. The zero-order valence-electron chi connectivity index (χ0n) is 17.8. The third-order valence-electron chi connectivity index (χ3n) is 4.72. The van der Waals surface area contributed by atoms with Crippen LogP contribution in [0.2, 0.25) is 0 Å². The molecule has 1 N–H and O–H groups in total. The number of para-hydroxylation sites is 1. The Balaban J connectivity index is 2.02. The molecule has 1 aliphatic heterocycles. The van der Waals surface area contributed by atoms with Gasteiger partial charge in [0.1, 0.15) is 11.5 Å². The average Bonchev–Trinajstić information content (AvgIpc) is 2.92. The summed E-state index contributed by atoms with van der Waals surface area (Å²) in [7, 11) is 0. The van der Waals surface area contributed by atoms with Gasteiger partial charge in [-0.1, -0.05) is 71.9 Å². The molecule has 5 heteroatoms. The molecule has 2 aromatic rings. The van der Waals surface area contributed by atoms with Crippen LogP contribution in [-0.4, -0.2) is 11.1 Å². The lowest BCUT2D eigenvalue weighted by Gasteiger charge is -2.27. The van der Waals surface area contributed by atoms with Gasteiger partial charge in [-0.25, -0.2) is 0 Å². The van der Waals surface area contributed by atoms with Crippen LogP contribution in [0, 0.1) is 0 Å². The summed E-state index contributed by atoms with van der Waals surface area (Å²) in [6.45, 7) is 13.1. The second-order valence-corrected chi connectivity index (χ2v) is 10.2. The molecule has 2 aromatic carbocycles. The number of carbonyl (C=O) groups excluding carboxylic acids is 2. The molecule has 0 saturated carbocycles. The summed E-state index contributed by atoms with van der Waals surface area (Å²) in [5, 5.41) is 1.93. The van der Waals surface area contributed by atoms with E-state index < -0.39 is 0 Å². The van der Waals surface area contributed by atoms with Crippen molar-refractivity contribution in [2.75, 3.05) is 0 Å². The molecule has 1 aliphatic rings. The first-order valence-corrected chi connectivity index (χ1v) is 10.4. The number of nitrogens with one attached hydrogen (secondary N) is 1. The van der Waals surface area contributed by atoms with Crippen LogP contribution in [0.4, 0.5) is 4.79 Å². The fraction of sp³-hybridized carbons (Fsp3) is 0.333. The van der Waals surface area contributed by atoms with Crippen LogP contribution in [0.5, 0.6) is 11.5 Å². The van der Waals surface area contributed by atoms with E-state index in [1.54, 1.807) is 6.08 Å². The SMILES string of the molecule is CC(C)(C)c1ccc(Oc2ccccc2C=C2SC(=O)NC2=O)c(C(C)(C)C)c1. The number of imide groups is 1. The largest absolute Gasteiger partial charge is 0.456 e. The quantitative estimate of drug-likeness (QED) is 0.596. The van der Waals surface area contributed by atoms with Crippen molar-refractivity contribution in [3.8, 4) is 11.5 Å². The molecule has 3 rings (SSSR count). The molecular weight excluding hydrogens is 382 g/mol. The number of hydrogen-bond donors (Lipinski definition) is 1. The molecule has 4 nitrogen and oxygen atoms in total. The summed E-state index contributed by atoms with van der Waals surface area (Å²) in [6, 6.07) is 13.9. The molecule has 152 valence electrons. The maximum atomic E-state index is 11.9. The minimum atomic E-state index is -0.375. The number of benzene rings is 2. The molecule has 0 atom stereocenters. The fourth-order valence-corrected chi connectivity index (χ4v) is 3.72. The first kappa shape index (κ1) is 21.2. The molecule has 0 bridgehead atoms. The van der Waals surface area contributed by atoms with Gasteiger partial charge in [0.05, 0.1) is 4.91 Å². The lowest BCUT2D eigenvalue weighted by molar-refractivity contribution is -0.115. The highest BCUT2D eigenvalue weighted by Gasteiger charge is 2.26. The van der Waals surface area contributed by atoms with Gasteiger partial charge >= 0.3 is 0 Å². The number of ether oxygens (including phenoxy) is 1. The molecule has 0 aromatic heterocycles. The van der Waals surface area contributed by atoms with Crippen LogP contribution >= 0.6 is 11.8 Å². The maximum Gasteiger partial charge on any atom is 0.290 e. The minimum absolute atomic E-state index is 0.0421. The van der Waals surface area contributed by atoms with E-state index in [0.29, 0.717) is 10.7 Å².